The maximum atomic E-state index is 12.2. The smallest absolute Gasteiger partial charge is 0.253 e. The fraction of sp³-hybridized carbons (Fsp3) is 0.267. The topological polar surface area (TPSA) is 62.5 Å². The molecule has 0 radical (unpaired) electrons. The number of carbonyl (C=O) groups excluding carboxylic acids is 1. The van der Waals surface area contributed by atoms with Crippen LogP contribution in [0.4, 0.5) is 0 Å². The molecule has 0 aliphatic heterocycles. The number of aromatic hydroxyl groups is 1. The number of hydrogen-bond acceptors (Lipinski definition) is 3. The second-order valence-corrected chi connectivity index (χ2v) is 5.14. The predicted octanol–water partition coefficient (Wildman–Crippen LogP) is 3.75. The summed E-state index contributed by atoms with van der Waals surface area (Å²) in [6.07, 6.45) is 0. The molecular weight excluding hydrogens is 278 g/mol. The van der Waals surface area contributed by atoms with Gasteiger partial charge >= 0.3 is 0 Å². The molecule has 0 aliphatic carbocycles. The zero-order valence-corrected chi connectivity index (χ0v) is 12.3. The third kappa shape index (κ3) is 2.96. The quantitative estimate of drug-likeness (QED) is 0.906. The van der Waals surface area contributed by atoms with Gasteiger partial charge in [-0.1, -0.05) is 11.6 Å². The fourth-order valence-electron chi connectivity index (χ4n) is 2.12. The van der Waals surface area contributed by atoms with Crippen molar-refractivity contribution in [3.63, 3.8) is 0 Å². The maximum absolute atomic E-state index is 12.2. The lowest BCUT2D eigenvalue weighted by molar-refractivity contribution is 0.0939. The number of hydrogen-bond donors (Lipinski definition) is 2. The summed E-state index contributed by atoms with van der Waals surface area (Å²) in [4.78, 5) is 12.2. The first kappa shape index (κ1) is 14.5. The number of phenolic OH excluding ortho intramolecular Hbond substituents is 1. The van der Waals surface area contributed by atoms with E-state index in [9.17, 15) is 9.90 Å². The van der Waals surface area contributed by atoms with Gasteiger partial charge in [-0.25, -0.2) is 0 Å². The van der Waals surface area contributed by atoms with E-state index < -0.39 is 0 Å². The summed E-state index contributed by atoms with van der Waals surface area (Å²) < 4.78 is 5.45. The number of furan rings is 1. The third-order valence-corrected chi connectivity index (χ3v) is 3.42. The van der Waals surface area contributed by atoms with Gasteiger partial charge in [0.05, 0.1) is 16.6 Å². The zero-order valence-electron chi connectivity index (χ0n) is 11.5. The van der Waals surface area contributed by atoms with Crippen LogP contribution in [0.2, 0.25) is 5.02 Å². The van der Waals surface area contributed by atoms with Gasteiger partial charge in [0.1, 0.15) is 17.3 Å². The van der Waals surface area contributed by atoms with Crippen molar-refractivity contribution >= 4 is 17.5 Å². The average Bonchev–Trinajstić information content (AvgIpc) is 2.71. The third-order valence-electron chi connectivity index (χ3n) is 3.09. The van der Waals surface area contributed by atoms with Crippen molar-refractivity contribution in [3.05, 3.63) is 51.9 Å². The Bertz CT molecular complexity index is 649. The highest BCUT2D eigenvalue weighted by molar-refractivity contribution is 6.33. The van der Waals surface area contributed by atoms with Crippen LogP contribution >= 0.6 is 11.6 Å². The van der Waals surface area contributed by atoms with Gasteiger partial charge in [0.15, 0.2) is 0 Å². The van der Waals surface area contributed by atoms with E-state index in [0.29, 0.717) is 5.02 Å². The number of rotatable bonds is 3. The van der Waals surface area contributed by atoms with Crippen molar-refractivity contribution in [2.45, 2.75) is 26.8 Å². The highest BCUT2D eigenvalue weighted by Crippen LogP contribution is 2.24. The Morgan fingerprint density at radius 3 is 2.65 bits per heavy atom. The molecule has 4 nitrogen and oxygen atoms in total. The van der Waals surface area contributed by atoms with Crippen LogP contribution < -0.4 is 5.32 Å². The second-order valence-electron chi connectivity index (χ2n) is 4.73. The maximum Gasteiger partial charge on any atom is 0.253 e. The van der Waals surface area contributed by atoms with Gasteiger partial charge in [-0.15, -0.1) is 0 Å². The Labute approximate surface area is 122 Å². The molecule has 5 heteroatoms. The van der Waals surface area contributed by atoms with Gasteiger partial charge in [-0.3, -0.25) is 4.79 Å². The molecule has 20 heavy (non-hydrogen) atoms. The molecule has 1 amide bonds. The number of aryl methyl sites for hydroxylation is 2. The second kappa shape index (κ2) is 5.59. The summed E-state index contributed by atoms with van der Waals surface area (Å²) >= 11 is 5.97. The minimum absolute atomic E-state index is 0.00235. The molecule has 2 N–H and O–H groups in total. The van der Waals surface area contributed by atoms with Crippen LogP contribution in [0.1, 0.15) is 40.4 Å². The van der Waals surface area contributed by atoms with E-state index >= 15 is 0 Å². The number of nitrogens with one attached hydrogen (secondary N) is 1. The Hall–Kier alpha value is -1.94. The van der Waals surface area contributed by atoms with Crippen LogP contribution in [0.5, 0.6) is 5.75 Å². The fourth-order valence-corrected chi connectivity index (χ4v) is 2.32. The number of carbonyl (C=O) groups is 1. The largest absolute Gasteiger partial charge is 0.508 e. The van der Waals surface area contributed by atoms with Gasteiger partial charge in [0, 0.05) is 5.56 Å². The van der Waals surface area contributed by atoms with E-state index in [1.165, 1.54) is 18.2 Å². The van der Waals surface area contributed by atoms with Gasteiger partial charge in [0.2, 0.25) is 0 Å². The van der Waals surface area contributed by atoms with Crippen molar-refractivity contribution < 1.29 is 14.3 Å². The Balaban J connectivity index is 2.19. The molecule has 0 bridgehead atoms. The molecule has 0 spiro atoms. The standard InChI is InChI=1S/C15H16ClNO3/c1-8-6-12(10(3)20-8)9(2)17-15(19)13-7-11(18)4-5-14(13)16/h4-7,9,18H,1-3H3,(H,17,19). The minimum Gasteiger partial charge on any atom is -0.508 e. The van der Waals surface area contributed by atoms with Crippen LogP contribution in [0, 0.1) is 13.8 Å². The number of halogens is 1. The van der Waals surface area contributed by atoms with Crippen LogP contribution in [0.15, 0.2) is 28.7 Å². The molecule has 106 valence electrons. The highest BCUT2D eigenvalue weighted by Gasteiger charge is 2.18. The number of phenols is 1. The molecule has 2 rings (SSSR count). The summed E-state index contributed by atoms with van der Waals surface area (Å²) in [6, 6.07) is 5.95. The van der Waals surface area contributed by atoms with E-state index in [1.54, 1.807) is 0 Å². The van der Waals surface area contributed by atoms with Crippen molar-refractivity contribution in [1.29, 1.82) is 0 Å². The normalized spacial score (nSPS) is 12.2. The Morgan fingerprint density at radius 1 is 1.35 bits per heavy atom. The van der Waals surface area contributed by atoms with Crippen LogP contribution in [0.25, 0.3) is 0 Å². The minimum atomic E-state index is -0.336. The molecule has 0 aliphatic rings. The number of amides is 1. The summed E-state index contributed by atoms with van der Waals surface area (Å²) in [5.74, 6) is 1.24. The molecule has 1 aromatic heterocycles. The Morgan fingerprint density at radius 2 is 2.05 bits per heavy atom. The predicted molar refractivity (Wildman–Crippen MR) is 77.2 cm³/mol. The monoisotopic (exact) mass is 293 g/mol. The van der Waals surface area contributed by atoms with Crippen LogP contribution in [-0.4, -0.2) is 11.0 Å². The van der Waals surface area contributed by atoms with E-state index in [1.807, 2.05) is 26.8 Å². The number of benzene rings is 1. The van der Waals surface area contributed by atoms with Crippen molar-refractivity contribution in [2.75, 3.05) is 0 Å². The molecule has 0 saturated heterocycles. The molecule has 1 aromatic carbocycles. The van der Waals surface area contributed by atoms with E-state index in [4.69, 9.17) is 16.0 Å². The van der Waals surface area contributed by atoms with Gasteiger partial charge in [-0.05, 0) is 45.0 Å². The van der Waals surface area contributed by atoms with Crippen LogP contribution in [0.3, 0.4) is 0 Å². The van der Waals surface area contributed by atoms with Crippen molar-refractivity contribution in [3.8, 4) is 5.75 Å². The first-order chi connectivity index (χ1) is 9.38. The van der Waals surface area contributed by atoms with Crippen molar-refractivity contribution in [2.24, 2.45) is 0 Å². The van der Waals surface area contributed by atoms with Crippen LogP contribution in [-0.2, 0) is 0 Å². The van der Waals surface area contributed by atoms with Crippen molar-refractivity contribution in [1.82, 2.24) is 5.32 Å². The van der Waals surface area contributed by atoms with Gasteiger partial charge < -0.3 is 14.8 Å². The average molecular weight is 294 g/mol. The SMILES string of the molecule is Cc1cc(C(C)NC(=O)c2cc(O)ccc2Cl)c(C)o1. The lowest BCUT2D eigenvalue weighted by Crippen LogP contribution is -2.27. The zero-order chi connectivity index (χ0) is 14.9. The summed E-state index contributed by atoms with van der Waals surface area (Å²) in [5, 5.41) is 12.6. The summed E-state index contributed by atoms with van der Waals surface area (Å²) in [5.41, 5.74) is 1.17. The molecule has 1 unspecified atom stereocenters. The summed E-state index contributed by atoms with van der Waals surface area (Å²) in [6.45, 7) is 5.58. The van der Waals surface area contributed by atoms with E-state index in [-0.39, 0.29) is 23.3 Å². The van der Waals surface area contributed by atoms with Gasteiger partial charge in [-0.2, -0.15) is 0 Å². The summed E-state index contributed by atoms with van der Waals surface area (Å²) in [7, 11) is 0. The molecule has 1 atom stereocenters. The molecule has 0 fully saturated rings. The molecule has 0 saturated carbocycles. The van der Waals surface area contributed by atoms with E-state index in [0.717, 1.165) is 17.1 Å². The van der Waals surface area contributed by atoms with Gasteiger partial charge in [0.25, 0.3) is 5.91 Å². The lowest BCUT2D eigenvalue weighted by atomic mass is 10.1. The Kier molecular flexibility index (Phi) is 4.04. The lowest BCUT2D eigenvalue weighted by Gasteiger charge is -2.14. The first-order valence-electron chi connectivity index (χ1n) is 6.25. The molecule has 1 heterocycles. The molecule has 2 aromatic rings. The molecular formula is C15H16ClNO3. The highest BCUT2D eigenvalue weighted by atomic mass is 35.5. The first-order valence-corrected chi connectivity index (χ1v) is 6.62. The van der Waals surface area contributed by atoms with E-state index in [2.05, 4.69) is 5.32 Å².